The molecule has 0 saturated heterocycles. The minimum absolute atomic E-state index is 0.00736. The molecular formula is C11H26NO+. The molecule has 0 bridgehead atoms. The molecule has 0 unspecified atom stereocenters. The summed E-state index contributed by atoms with van der Waals surface area (Å²) in [5.41, 5.74) is 0.00736. The van der Waals surface area contributed by atoms with Crippen LogP contribution in [0.1, 0.15) is 33.6 Å². The summed E-state index contributed by atoms with van der Waals surface area (Å²) in [4.78, 5) is 0. The Hall–Kier alpha value is -0.0800. The zero-order chi connectivity index (χ0) is 10.5. The number of hydrogen-bond acceptors (Lipinski definition) is 1. The first-order valence-electron chi connectivity index (χ1n) is 5.21. The standard InChI is InChI=1S/C11H26NO/c1-7-8-9-13-11(2,3)10-12(4,5)6/h7-10H2,1-6H3/q+1. The molecule has 0 atom stereocenters. The smallest absolute Gasteiger partial charge is 0.111 e. The van der Waals surface area contributed by atoms with E-state index in [2.05, 4.69) is 41.9 Å². The highest BCUT2D eigenvalue weighted by Crippen LogP contribution is 2.13. The predicted octanol–water partition coefficient (Wildman–Crippen LogP) is 2.29. The number of likely N-dealkylation sites (N-methyl/N-ethyl adjacent to an activating group) is 1. The van der Waals surface area contributed by atoms with Gasteiger partial charge in [-0.05, 0) is 20.3 Å². The van der Waals surface area contributed by atoms with E-state index in [1.165, 1.54) is 12.8 Å². The third-order valence-electron chi connectivity index (χ3n) is 1.85. The second-order valence-electron chi connectivity index (χ2n) is 5.41. The Kier molecular flexibility index (Phi) is 4.93. The molecule has 0 aliphatic rings. The van der Waals surface area contributed by atoms with Crippen LogP contribution in [-0.2, 0) is 4.74 Å². The predicted molar refractivity (Wildman–Crippen MR) is 57.8 cm³/mol. The van der Waals surface area contributed by atoms with Gasteiger partial charge in [0.1, 0.15) is 12.1 Å². The van der Waals surface area contributed by atoms with Crippen molar-refractivity contribution in [2.24, 2.45) is 0 Å². The van der Waals surface area contributed by atoms with Crippen LogP contribution in [0, 0.1) is 0 Å². The molecule has 0 aliphatic heterocycles. The first-order chi connectivity index (χ1) is 5.77. The number of unbranched alkanes of at least 4 members (excludes halogenated alkanes) is 1. The van der Waals surface area contributed by atoms with Crippen molar-refractivity contribution >= 4 is 0 Å². The first kappa shape index (κ1) is 12.9. The van der Waals surface area contributed by atoms with Crippen LogP contribution in [0.4, 0.5) is 0 Å². The second kappa shape index (κ2) is 4.97. The molecule has 2 nitrogen and oxygen atoms in total. The van der Waals surface area contributed by atoms with E-state index in [9.17, 15) is 0 Å². The minimum atomic E-state index is 0.00736. The zero-order valence-electron chi connectivity index (χ0n) is 10.2. The van der Waals surface area contributed by atoms with Crippen molar-refractivity contribution in [1.29, 1.82) is 0 Å². The fraction of sp³-hybridized carbons (Fsp3) is 1.00. The number of quaternary nitrogens is 1. The number of nitrogens with zero attached hydrogens (tertiary/aromatic N) is 1. The normalized spacial score (nSPS) is 13.4. The van der Waals surface area contributed by atoms with Gasteiger partial charge in [0, 0.05) is 6.61 Å². The van der Waals surface area contributed by atoms with Gasteiger partial charge in [-0.3, -0.25) is 0 Å². The quantitative estimate of drug-likeness (QED) is 0.459. The second-order valence-corrected chi connectivity index (χ2v) is 5.41. The van der Waals surface area contributed by atoms with Crippen LogP contribution in [0.15, 0.2) is 0 Å². The highest BCUT2D eigenvalue weighted by molar-refractivity contribution is 4.67. The largest absolute Gasteiger partial charge is 0.370 e. The Bertz CT molecular complexity index is 136. The van der Waals surface area contributed by atoms with Crippen LogP contribution in [0.3, 0.4) is 0 Å². The van der Waals surface area contributed by atoms with Gasteiger partial charge in [-0.2, -0.15) is 0 Å². The SMILES string of the molecule is CCCCOC(C)(C)C[N+](C)(C)C. The fourth-order valence-electron chi connectivity index (χ4n) is 1.68. The summed E-state index contributed by atoms with van der Waals surface area (Å²) in [6.45, 7) is 8.48. The lowest BCUT2D eigenvalue weighted by atomic mass is 10.1. The van der Waals surface area contributed by atoms with Gasteiger partial charge in [-0.25, -0.2) is 0 Å². The van der Waals surface area contributed by atoms with Crippen molar-refractivity contribution in [3.05, 3.63) is 0 Å². The van der Waals surface area contributed by atoms with Gasteiger partial charge < -0.3 is 9.22 Å². The highest BCUT2D eigenvalue weighted by atomic mass is 16.5. The van der Waals surface area contributed by atoms with Crippen molar-refractivity contribution < 1.29 is 9.22 Å². The molecule has 0 N–H and O–H groups in total. The molecule has 0 aromatic rings. The van der Waals surface area contributed by atoms with Gasteiger partial charge in [0.2, 0.25) is 0 Å². The van der Waals surface area contributed by atoms with Gasteiger partial charge in [-0.15, -0.1) is 0 Å². The van der Waals surface area contributed by atoms with Crippen molar-refractivity contribution in [2.45, 2.75) is 39.2 Å². The molecule has 80 valence electrons. The molecule has 0 aromatic carbocycles. The summed E-state index contributed by atoms with van der Waals surface area (Å²) in [5, 5.41) is 0. The van der Waals surface area contributed by atoms with E-state index in [1.807, 2.05) is 0 Å². The molecule has 2 heteroatoms. The Balaban J connectivity index is 3.80. The van der Waals surface area contributed by atoms with Crippen LogP contribution >= 0.6 is 0 Å². The fourth-order valence-corrected chi connectivity index (χ4v) is 1.68. The van der Waals surface area contributed by atoms with E-state index in [0.29, 0.717) is 0 Å². The third kappa shape index (κ3) is 8.26. The average Bonchev–Trinajstić information content (AvgIpc) is 1.81. The summed E-state index contributed by atoms with van der Waals surface area (Å²) in [6, 6.07) is 0. The summed E-state index contributed by atoms with van der Waals surface area (Å²) in [5.74, 6) is 0. The molecule has 13 heavy (non-hydrogen) atoms. The Morgan fingerprint density at radius 1 is 1.15 bits per heavy atom. The Labute approximate surface area is 83.5 Å². The highest BCUT2D eigenvalue weighted by Gasteiger charge is 2.26. The Morgan fingerprint density at radius 2 is 1.69 bits per heavy atom. The average molecular weight is 188 g/mol. The van der Waals surface area contributed by atoms with E-state index in [-0.39, 0.29) is 5.60 Å². The minimum Gasteiger partial charge on any atom is -0.370 e. The molecule has 0 heterocycles. The maximum Gasteiger partial charge on any atom is 0.111 e. The molecule has 0 radical (unpaired) electrons. The van der Waals surface area contributed by atoms with Gasteiger partial charge >= 0.3 is 0 Å². The molecule has 0 saturated carbocycles. The van der Waals surface area contributed by atoms with E-state index in [4.69, 9.17) is 4.74 Å². The van der Waals surface area contributed by atoms with Crippen LogP contribution in [0.25, 0.3) is 0 Å². The van der Waals surface area contributed by atoms with Crippen LogP contribution in [0.2, 0.25) is 0 Å². The van der Waals surface area contributed by atoms with E-state index in [0.717, 1.165) is 17.6 Å². The summed E-state index contributed by atoms with van der Waals surface area (Å²) in [7, 11) is 6.60. The van der Waals surface area contributed by atoms with Crippen molar-refractivity contribution in [2.75, 3.05) is 34.3 Å². The maximum atomic E-state index is 5.83. The van der Waals surface area contributed by atoms with Gasteiger partial charge in [0.15, 0.2) is 0 Å². The number of ether oxygens (including phenoxy) is 1. The number of rotatable bonds is 6. The molecule has 0 fully saturated rings. The zero-order valence-corrected chi connectivity index (χ0v) is 10.2. The van der Waals surface area contributed by atoms with Crippen molar-refractivity contribution in [3.8, 4) is 0 Å². The third-order valence-corrected chi connectivity index (χ3v) is 1.85. The maximum absolute atomic E-state index is 5.83. The summed E-state index contributed by atoms with van der Waals surface area (Å²) < 4.78 is 6.79. The topological polar surface area (TPSA) is 9.23 Å². The van der Waals surface area contributed by atoms with Gasteiger partial charge in [0.05, 0.1) is 21.1 Å². The van der Waals surface area contributed by atoms with Crippen LogP contribution in [-0.4, -0.2) is 44.4 Å². The lowest BCUT2D eigenvalue weighted by molar-refractivity contribution is -0.876. The molecule has 0 aliphatic carbocycles. The summed E-state index contributed by atoms with van der Waals surface area (Å²) >= 11 is 0. The first-order valence-corrected chi connectivity index (χ1v) is 5.21. The molecule has 0 aromatic heterocycles. The van der Waals surface area contributed by atoms with E-state index in [1.54, 1.807) is 0 Å². The van der Waals surface area contributed by atoms with Crippen LogP contribution in [0.5, 0.6) is 0 Å². The van der Waals surface area contributed by atoms with Crippen LogP contribution < -0.4 is 0 Å². The van der Waals surface area contributed by atoms with E-state index < -0.39 is 0 Å². The van der Waals surface area contributed by atoms with E-state index >= 15 is 0 Å². The Morgan fingerprint density at radius 3 is 2.08 bits per heavy atom. The lowest BCUT2D eigenvalue weighted by Crippen LogP contribution is -2.47. The lowest BCUT2D eigenvalue weighted by Gasteiger charge is -2.34. The van der Waals surface area contributed by atoms with Gasteiger partial charge in [-0.1, -0.05) is 13.3 Å². The summed E-state index contributed by atoms with van der Waals surface area (Å²) in [6.07, 6.45) is 2.38. The molecule has 0 spiro atoms. The van der Waals surface area contributed by atoms with Gasteiger partial charge in [0.25, 0.3) is 0 Å². The molecular weight excluding hydrogens is 162 g/mol. The number of hydrogen-bond donors (Lipinski definition) is 0. The van der Waals surface area contributed by atoms with Crippen molar-refractivity contribution in [1.82, 2.24) is 0 Å². The molecule has 0 rings (SSSR count). The molecule has 0 amide bonds. The van der Waals surface area contributed by atoms with Crippen molar-refractivity contribution in [3.63, 3.8) is 0 Å². The monoisotopic (exact) mass is 188 g/mol.